The molecular weight excluding hydrogens is 270 g/mol. The van der Waals surface area contributed by atoms with E-state index in [2.05, 4.69) is 27.4 Å². The first-order valence-electron chi connectivity index (χ1n) is 6.26. The Bertz CT molecular complexity index is 719. The summed E-state index contributed by atoms with van der Waals surface area (Å²) in [6.07, 6.45) is 0.417. The Labute approximate surface area is 120 Å². The number of H-pyrrole nitrogens is 1. The Hall–Kier alpha value is -2.91. The lowest BCUT2D eigenvalue weighted by Gasteiger charge is -2.03. The number of hydrogen-bond acceptors (Lipinski definition) is 4. The quantitative estimate of drug-likeness (QED) is 0.725. The SMILES string of the molecule is O=C(Nc1ccc(=O)[nH]n1)c1ccc(C#CCCO)cc1. The smallest absolute Gasteiger partial charge is 0.264 e. The number of anilines is 1. The summed E-state index contributed by atoms with van der Waals surface area (Å²) < 4.78 is 0. The number of benzene rings is 1. The molecule has 1 amide bonds. The zero-order chi connectivity index (χ0) is 15.1. The first-order chi connectivity index (χ1) is 10.2. The number of hydrogen-bond donors (Lipinski definition) is 3. The predicted octanol–water partition coefficient (Wildman–Crippen LogP) is 0.756. The Morgan fingerprint density at radius 1 is 1.24 bits per heavy atom. The maximum atomic E-state index is 12.0. The Kier molecular flexibility index (Phi) is 4.85. The van der Waals surface area contributed by atoms with Gasteiger partial charge in [0.15, 0.2) is 5.82 Å². The second kappa shape index (κ2) is 7.03. The van der Waals surface area contributed by atoms with Crippen molar-refractivity contribution in [2.24, 2.45) is 0 Å². The Morgan fingerprint density at radius 3 is 2.62 bits per heavy atom. The van der Waals surface area contributed by atoms with E-state index in [1.165, 1.54) is 12.1 Å². The van der Waals surface area contributed by atoms with Crippen LogP contribution in [0.5, 0.6) is 0 Å². The minimum absolute atomic E-state index is 0.0274. The number of aromatic nitrogens is 2. The summed E-state index contributed by atoms with van der Waals surface area (Å²) in [5, 5.41) is 17.1. The fourth-order valence-corrected chi connectivity index (χ4v) is 1.53. The number of amides is 1. The lowest BCUT2D eigenvalue weighted by molar-refractivity contribution is 0.102. The van der Waals surface area contributed by atoms with E-state index in [1.54, 1.807) is 24.3 Å². The van der Waals surface area contributed by atoms with Gasteiger partial charge in [0.05, 0.1) is 6.61 Å². The first kappa shape index (κ1) is 14.5. The van der Waals surface area contributed by atoms with Crippen LogP contribution in [0.3, 0.4) is 0 Å². The fraction of sp³-hybridized carbons (Fsp3) is 0.133. The topological polar surface area (TPSA) is 95.1 Å². The number of aromatic amines is 1. The van der Waals surface area contributed by atoms with E-state index < -0.39 is 0 Å². The van der Waals surface area contributed by atoms with Crippen LogP contribution in [0.25, 0.3) is 0 Å². The third-order valence-corrected chi connectivity index (χ3v) is 2.54. The highest BCUT2D eigenvalue weighted by Crippen LogP contribution is 2.06. The van der Waals surface area contributed by atoms with Gasteiger partial charge in [-0.15, -0.1) is 0 Å². The molecule has 0 radical (unpaired) electrons. The van der Waals surface area contributed by atoms with Crippen LogP contribution in [0, 0.1) is 11.8 Å². The molecule has 0 spiro atoms. The fourth-order valence-electron chi connectivity index (χ4n) is 1.53. The normalized spacial score (nSPS) is 9.57. The zero-order valence-corrected chi connectivity index (χ0v) is 11.1. The van der Waals surface area contributed by atoms with Crippen molar-refractivity contribution in [3.63, 3.8) is 0 Å². The van der Waals surface area contributed by atoms with Gasteiger partial charge in [-0.2, -0.15) is 5.10 Å². The van der Waals surface area contributed by atoms with E-state index in [0.29, 0.717) is 12.0 Å². The minimum atomic E-state index is -0.334. The molecule has 1 aromatic heterocycles. The minimum Gasteiger partial charge on any atom is -0.395 e. The van der Waals surface area contributed by atoms with Crippen LogP contribution in [-0.4, -0.2) is 27.8 Å². The van der Waals surface area contributed by atoms with Crippen LogP contribution >= 0.6 is 0 Å². The number of carbonyl (C=O) groups excluding carboxylic acids is 1. The van der Waals surface area contributed by atoms with Crippen molar-refractivity contribution >= 4 is 11.7 Å². The lowest BCUT2D eigenvalue weighted by Crippen LogP contribution is -2.15. The van der Waals surface area contributed by atoms with E-state index in [9.17, 15) is 9.59 Å². The number of nitrogens with one attached hydrogen (secondary N) is 2. The van der Waals surface area contributed by atoms with Crippen LogP contribution in [0.1, 0.15) is 22.3 Å². The summed E-state index contributed by atoms with van der Waals surface area (Å²) >= 11 is 0. The average molecular weight is 283 g/mol. The van der Waals surface area contributed by atoms with Gasteiger partial charge in [0.2, 0.25) is 0 Å². The Morgan fingerprint density at radius 2 is 2.00 bits per heavy atom. The summed E-state index contributed by atoms with van der Waals surface area (Å²) in [6, 6.07) is 9.43. The highest BCUT2D eigenvalue weighted by molar-refractivity contribution is 6.03. The first-order valence-corrected chi connectivity index (χ1v) is 6.26. The molecule has 0 unspecified atom stereocenters. The van der Waals surface area contributed by atoms with E-state index in [-0.39, 0.29) is 23.9 Å². The molecule has 1 aromatic carbocycles. The molecule has 0 saturated carbocycles. The van der Waals surface area contributed by atoms with Gasteiger partial charge in [0, 0.05) is 23.6 Å². The number of aliphatic hydroxyl groups excluding tert-OH is 1. The van der Waals surface area contributed by atoms with Crippen molar-refractivity contribution in [1.82, 2.24) is 10.2 Å². The van der Waals surface area contributed by atoms with Gasteiger partial charge < -0.3 is 10.4 Å². The van der Waals surface area contributed by atoms with Gasteiger partial charge in [-0.05, 0) is 30.3 Å². The van der Waals surface area contributed by atoms with Crippen LogP contribution < -0.4 is 10.9 Å². The molecule has 2 rings (SSSR count). The molecular formula is C15H13N3O3. The third-order valence-electron chi connectivity index (χ3n) is 2.54. The molecule has 2 aromatic rings. The molecule has 0 aliphatic heterocycles. The summed E-state index contributed by atoms with van der Waals surface area (Å²) in [6.45, 7) is 0.0274. The van der Waals surface area contributed by atoms with E-state index in [0.717, 1.165) is 5.56 Å². The number of rotatable bonds is 3. The summed E-state index contributed by atoms with van der Waals surface area (Å²) in [7, 11) is 0. The van der Waals surface area contributed by atoms with Crippen molar-refractivity contribution in [3.05, 3.63) is 57.9 Å². The van der Waals surface area contributed by atoms with Crippen LogP contribution in [0.4, 0.5) is 5.82 Å². The summed E-state index contributed by atoms with van der Waals surface area (Å²) in [5.74, 6) is 5.62. The molecule has 6 nitrogen and oxygen atoms in total. The molecule has 1 heterocycles. The monoisotopic (exact) mass is 283 g/mol. The number of nitrogens with zero attached hydrogens (tertiary/aromatic N) is 1. The lowest BCUT2D eigenvalue weighted by atomic mass is 10.1. The maximum absolute atomic E-state index is 12.0. The second-order valence-corrected chi connectivity index (χ2v) is 4.11. The number of aliphatic hydroxyl groups is 1. The van der Waals surface area contributed by atoms with Gasteiger partial charge >= 0.3 is 0 Å². The molecule has 3 N–H and O–H groups in total. The molecule has 0 aliphatic carbocycles. The Balaban J connectivity index is 2.04. The van der Waals surface area contributed by atoms with Crippen LogP contribution in [0.2, 0.25) is 0 Å². The van der Waals surface area contributed by atoms with Gasteiger partial charge in [-0.1, -0.05) is 11.8 Å². The molecule has 0 atom stereocenters. The highest BCUT2D eigenvalue weighted by atomic mass is 16.2. The van der Waals surface area contributed by atoms with Gasteiger partial charge in [-0.25, -0.2) is 5.10 Å². The molecule has 21 heavy (non-hydrogen) atoms. The molecule has 0 aliphatic rings. The summed E-state index contributed by atoms with van der Waals surface area (Å²) in [5.41, 5.74) is 0.886. The van der Waals surface area contributed by atoms with Crippen molar-refractivity contribution < 1.29 is 9.90 Å². The van der Waals surface area contributed by atoms with E-state index in [1.807, 2.05) is 0 Å². The predicted molar refractivity (Wildman–Crippen MR) is 77.8 cm³/mol. The molecule has 106 valence electrons. The van der Waals surface area contributed by atoms with Gasteiger partial charge in [0.25, 0.3) is 11.5 Å². The van der Waals surface area contributed by atoms with Crippen LogP contribution in [0.15, 0.2) is 41.2 Å². The third kappa shape index (κ3) is 4.30. The van der Waals surface area contributed by atoms with E-state index in [4.69, 9.17) is 5.11 Å². The number of carbonyl (C=O) groups is 1. The molecule has 0 saturated heterocycles. The van der Waals surface area contributed by atoms with Crippen molar-refractivity contribution in [2.45, 2.75) is 6.42 Å². The maximum Gasteiger partial charge on any atom is 0.264 e. The van der Waals surface area contributed by atoms with Crippen molar-refractivity contribution in [1.29, 1.82) is 0 Å². The van der Waals surface area contributed by atoms with Crippen molar-refractivity contribution in [3.8, 4) is 11.8 Å². The van der Waals surface area contributed by atoms with E-state index >= 15 is 0 Å². The largest absolute Gasteiger partial charge is 0.395 e. The highest BCUT2D eigenvalue weighted by Gasteiger charge is 2.06. The average Bonchev–Trinajstić information content (AvgIpc) is 2.50. The van der Waals surface area contributed by atoms with Crippen LogP contribution in [-0.2, 0) is 0 Å². The van der Waals surface area contributed by atoms with Gasteiger partial charge in [-0.3, -0.25) is 9.59 Å². The second-order valence-electron chi connectivity index (χ2n) is 4.11. The standard InChI is InChI=1S/C15H13N3O3/c19-10-2-1-3-11-4-6-12(7-5-11)15(21)16-13-8-9-14(20)18-17-13/h4-9,19H,2,10H2,(H,18,20)(H,16,17,21). The van der Waals surface area contributed by atoms with Crippen molar-refractivity contribution in [2.75, 3.05) is 11.9 Å². The van der Waals surface area contributed by atoms with Gasteiger partial charge in [0.1, 0.15) is 0 Å². The summed E-state index contributed by atoms with van der Waals surface area (Å²) in [4.78, 5) is 22.8. The molecule has 0 fully saturated rings. The molecule has 0 bridgehead atoms. The molecule has 6 heteroatoms. The zero-order valence-electron chi connectivity index (χ0n) is 11.1.